The van der Waals surface area contributed by atoms with E-state index in [1.54, 1.807) is 6.92 Å². The van der Waals surface area contributed by atoms with E-state index in [9.17, 15) is 34.8 Å². The van der Waals surface area contributed by atoms with E-state index in [0.717, 1.165) is 0 Å². The number of Topliss-reactive ketones (excluding diaryl/α,β-unsaturated/α-hetero) is 1. The van der Waals surface area contributed by atoms with Crippen LogP contribution in [-0.2, 0) is 30.2 Å². The molecule has 2 aliphatic carbocycles. The van der Waals surface area contributed by atoms with Crippen LogP contribution in [0.1, 0.15) is 89.6 Å². The van der Waals surface area contributed by atoms with Gasteiger partial charge in [0, 0.05) is 55.1 Å². The lowest BCUT2D eigenvalue weighted by Crippen LogP contribution is -2.59. The minimum absolute atomic E-state index is 0.0136. The lowest BCUT2D eigenvalue weighted by Gasteiger charge is -2.47. The fraction of sp³-hybridized carbons (Fsp3) is 0.559. The summed E-state index contributed by atoms with van der Waals surface area (Å²) in [4.78, 5) is 42.4. The first-order valence-corrected chi connectivity index (χ1v) is 15.9. The summed E-state index contributed by atoms with van der Waals surface area (Å²) in [5.74, 6) is -3.15. The standard InChI is InChI=1S/C34H41NO12/c1-15(2)45-24-14-35(9-10-44-24)20-11-23(46-16(3)29(20)37)47-22-13-34(42,17(4)36)12-19-26(22)33(41)28-27(31(19)39)30(38)18-7-6-8-21(43-5)25(18)32(28)40/h6-8,15-16,20,22-24,29,37,39,41-42H,9-14H2,1-5H3/t16-,20-,22-,23-,24+,29+,34-/m0/s1. The summed E-state index contributed by atoms with van der Waals surface area (Å²) in [5.41, 5.74) is -3.03. The van der Waals surface area contributed by atoms with E-state index in [1.165, 1.54) is 32.2 Å². The van der Waals surface area contributed by atoms with E-state index >= 15 is 0 Å². The van der Waals surface area contributed by atoms with Crippen LogP contribution in [0, 0.1) is 0 Å². The molecule has 2 aromatic carbocycles. The van der Waals surface area contributed by atoms with Crippen LogP contribution in [0.3, 0.4) is 0 Å². The van der Waals surface area contributed by atoms with Crippen molar-refractivity contribution in [2.45, 2.75) is 95.6 Å². The summed E-state index contributed by atoms with van der Waals surface area (Å²) in [5, 5.41) is 46.0. The van der Waals surface area contributed by atoms with Crippen molar-refractivity contribution in [3.05, 3.63) is 51.6 Å². The maximum absolute atomic E-state index is 13.9. The Balaban J connectivity index is 1.38. The number of aliphatic hydroxyl groups excluding tert-OH is 1. The number of ether oxygens (including phenoxy) is 5. The minimum Gasteiger partial charge on any atom is -0.507 e. The van der Waals surface area contributed by atoms with Crippen LogP contribution in [0.4, 0.5) is 0 Å². The minimum atomic E-state index is -2.02. The van der Waals surface area contributed by atoms with Crippen molar-refractivity contribution in [3.8, 4) is 17.2 Å². The number of phenols is 2. The Labute approximate surface area is 271 Å². The highest BCUT2D eigenvalue weighted by molar-refractivity contribution is 6.31. The molecule has 0 unspecified atom stereocenters. The number of carbonyl (C=O) groups excluding carboxylic acids is 3. The van der Waals surface area contributed by atoms with Crippen molar-refractivity contribution in [1.29, 1.82) is 0 Å². The molecule has 6 rings (SSSR count). The fourth-order valence-electron chi connectivity index (χ4n) is 7.29. The Morgan fingerprint density at radius 3 is 2.49 bits per heavy atom. The normalized spacial score (nSPS) is 30.9. The number of aromatic hydroxyl groups is 2. The highest BCUT2D eigenvalue weighted by atomic mass is 16.7. The molecular weight excluding hydrogens is 614 g/mol. The molecule has 0 saturated carbocycles. The van der Waals surface area contributed by atoms with Gasteiger partial charge < -0.3 is 44.1 Å². The average Bonchev–Trinajstić information content (AvgIpc) is 3.02. The molecule has 2 aromatic rings. The van der Waals surface area contributed by atoms with Gasteiger partial charge in [0.2, 0.25) is 5.78 Å². The summed E-state index contributed by atoms with van der Waals surface area (Å²) in [6.07, 6.45) is -4.94. The first-order chi connectivity index (χ1) is 22.2. The maximum atomic E-state index is 13.9. The van der Waals surface area contributed by atoms with E-state index in [4.69, 9.17) is 23.7 Å². The van der Waals surface area contributed by atoms with Crippen molar-refractivity contribution in [3.63, 3.8) is 0 Å². The molecule has 7 atom stereocenters. The predicted molar refractivity (Wildman–Crippen MR) is 164 cm³/mol. The predicted octanol–water partition coefficient (Wildman–Crippen LogP) is 2.15. The number of morpholine rings is 1. The Morgan fingerprint density at radius 2 is 1.81 bits per heavy atom. The van der Waals surface area contributed by atoms with E-state index in [-0.39, 0.29) is 46.9 Å². The largest absolute Gasteiger partial charge is 0.507 e. The average molecular weight is 656 g/mol. The third-order valence-electron chi connectivity index (χ3n) is 9.68. The van der Waals surface area contributed by atoms with Crippen molar-refractivity contribution in [2.75, 3.05) is 26.8 Å². The van der Waals surface area contributed by atoms with E-state index in [0.29, 0.717) is 19.7 Å². The molecule has 13 heteroatoms. The molecule has 4 N–H and O–H groups in total. The number of aliphatic hydroxyl groups is 2. The van der Waals surface area contributed by atoms with Crippen LogP contribution in [0.15, 0.2) is 18.2 Å². The quantitative estimate of drug-likeness (QED) is 0.272. The monoisotopic (exact) mass is 655 g/mol. The number of benzene rings is 2. The molecule has 0 spiro atoms. The lowest BCUT2D eigenvalue weighted by atomic mass is 9.72. The van der Waals surface area contributed by atoms with Crippen molar-refractivity contribution in [1.82, 2.24) is 4.90 Å². The molecule has 0 aromatic heterocycles. The van der Waals surface area contributed by atoms with Gasteiger partial charge in [-0.3, -0.25) is 19.3 Å². The number of carbonyl (C=O) groups is 3. The van der Waals surface area contributed by atoms with Crippen molar-refractivity contribution >= 4 is 17.3 Å². The summed E-state index contributed by atoms with van der Waals surface area (Å²) in [7, 11) is 1.35. The second kappa shape index (κ2) is 12.5. The number of rotatable bonds is 7. The van der Waals surface area contributed by atoms with Gasteiger partial charge in [-0.1, -0.05) is 12.1 Å². The zero-order valence-electron chi connectivity index (χ0n) is 27.0. The highest BCUT2D eigenvalue weighted by Gasteiger charge is 2.50. The maximum Gasteiger partial charge on any atom is 0.202 e. The van der Waals surface area contributed by atoms with Gasteiger partial charge in [-0.2, -0.15) is 0 Å². The SMILES string of the molecule is COc1cccc2c1C(=O)c1c(O)c3c(c(O)c1C2=O)C[C@@](O)(C(C)=O)C[C@@H]3O[C@H]1C[C@H](N2CCO[C@H](OC(C)C)C2)[C@H](O)[C@H](C)O1. The number of phenolic OH excluding ortho intramolecular Hbond substituents is 2. The Morgan fingerprint density at radius 1 is 1.09 bits per heavy atom. The van der Waals surface area contributed by atoms with E-state index < -0.39 is 88.9 Å². The van der Waals surface area contributed by atoms with Crippen LogP contribution in [-0.4, -0.2) is 112 Å². The number of nitrogens with zero attached hydrogens (tertiary/aromatic N) is 1. The third kappa shape index (κ3) is 5.73. The molecule has 254 valence electrons. The second-order valence-corrected chi connectivity index (χ2v) is 13.0. The third-order valence-corrected chi connectivity index (χ3v) is 9.68. The first-order valence-electron chi connectivity index (χ1n) is 15.9. The molecule has 0 radical (unpaired) electrons. The smallest absolute Gasteiger partial charge is 0.202 e. The van der Waals surface area contributed by atoms with Crippen LogP contribution >= 0.6 is 0 Å². The molecule has 4 aliphatic rings. The highest BCUT2D eigenvalue weighted by Crippen LogP contribution is 2.52. The number of ketones is 3. The van der Waals surface area contributed by atoms with Gasteiger partial charge in [-0.05, 0) is 33.8 Å². The van der Waals surface area contributed by atoms with Crippen LogP contribution in [0.2, 0.25) is 0 Å². The van der Waals surface area contributed by atoms with Crippen LogP contribution in [0.5, 0.6) is 17.2 Å². The van der Waals surface area contributed by atoms with Crippen molar-refractivity contribution in [2.24, 2.45) is 0 Å². The Bertz CT molecular complexity index is 1610. The van der Waals surface area contributed by atoms with Gasteiger partial charge in [0.05, 0.1) is 54.8 Å². The van der Waals surface area contributed by atoms with Gasteiger partial charge in [-0.15, -0.1) is 0 Å². The zero-order chi connectivity index (χ0) is 33.9. The Hall–Kier alpha value is -3.43. The Kier molecular flexibility index (Phi) is 8.94. The van der Waals surface area contributed by atoms with E-state index in [1.807, 2.05) is 18.7 Å². The van der Waals surface area contributed by atoms with Gasteiger partial charge in [0.1, 0.15) is 22.8 Å². The molecule has 2 saturated heterocycles. The van der Waals surface area contributed by atoms with Crippen molar-refractivity contribution < 1.29 is 58.5 Å². The topological polar surface area (TPSA) is 182 Å². The molecular formula is C34H41NO12. The number of hydrogen-bond acceptors (Lipinski definition) is 13. The molecule has 0 amide bonds. The summed E-state index contributed by atoms with van der Waals surface area (Å²) in [6.45, 7) is 8.03. The fourth-order valence-corrected chi connectivity index (χ4v) is 7.29. The first kappa shape index (κ1) is 33.5. The van der Waals surface area contributed by atoms with Gasteiger partial charge in [0.25, 0.3) is 0 Å². The summed E-state index contributed by atoms with van der Waals surface area (Å²) < 4.78 is 29.4. The summed E-state index contributed by atoms with van der Waals surface area (Å²) >= 11 is 0. The second-order valence-electron chi connectivity index (χ2n) is 13.0. The molecule has 2 heterocycles. The van der Waals surface area contributed by atoms with Crippen LogP contribution < -0.4 is 4.74 Å². The number of hydrogen-bond donors (Lipinski definition) is 4. The number of methoxy groups -OCH3 is 1. The number of fused-ring (bicyclic) bond motifs is 3. The summed E-state index contributed by atoms with van der Waals surface area (Å²) in [6, 6.07) is 4.04. The van der Waals surface area contributed by atoms with Gasteiger partial charge in [-0.25, -0.2) is 0 Å². The molecule has 2 fully saturated rings. The molecule has 13 nitrogen and oxygen atoms in total. The molecule has 47 heavy (non-hydrogen) atoms. The van der Waals surface area contributed by atoms with E-state index in [2.05, 4.69) is 0 Å². The van der Waals surface area contributed by atoms with Crippen LogP contribution in [0.25, 0.3) is 0 Å². The lowest BCUT2D eigenvalue weighted by molar-refractivity contribution is -0.269. The zero-order valence-corrected chi connectivity index (χ0v) is 27.0. The van der Waals surface area contributed by atoms with Gasteiger partial charge in [0.15, 0.2) is 24.1 Å². The molecule has 2 aliphatic heterocycles. The molecule has 0 bridgehead atoms. The van der Waals surface area contributed by atoms with Gasteiger partial charge >= 0.3 is 0 Å².